The van der Waals surface area contributed by atoms with E-state index in [1.54, 1.807) is 6.07 Å². The van der Waals surface area contributed by atoms with Crippen molar-refractivity contribution in [2.45, 2.75) is 19.5 Å². The number of likely N-dealkylation sites (N-methyl/N-ethyl adjacent to an activating group) is 1. The summed E-state index contributed by atoms with van der Waals surface area (Å²) < 4.78 is 0. The molecule has 0 aromatic heterocycles. The van der Waals surface area contributed by atoms with E-state index in [2.05, 4.69) is 23.8 Å². The Morgan fingerprint density at radius 2 is 2.18 bits per heavy atom. The molecular formula is C13H21N3O. The molecule has 3 N–H and O–H groups in total. The van der Waals surface area contributed by atoms with Crippen molar-refractivity contribution in [3.8, 4) is 5.75 Å². The Kier molecular flexibility index (Phi) is 3.54. The van der Waals surface area contributed by atoms with Gasteiger partial charge in [0.15, 0.2) is 0 Å². The van der Waals surface area contributed by atoms with Crippen molar-refractivity contribution in [3.05, 3.63) is 23.8 Å². The van der Waals surface area contributed by atoms with Crippen molar-refractivity contribution in [1.29, 1.82) is 0 Å². The van der Waals surface area contributed by atoms with E-state index in [1.165, 1.54) is 0 Å². The molecule has 0 aliphatic carbocycles. The van der Waals surface area contributed by atoms with Gasteiger partial charge in [0.1, 0.15) is 5.75 Å². The monoisotopic (exact) mass is 235 g/mol. The summed E-state index contributed by atoms with van der Waals surface area (Å²) >= 11 is 0. The van der Waals surface area contributed by atoms with Crippen LogP contribution in [0, 0.1) is 0 Å². The van der Waals surface area contributed by atoms with Crippen LogP contribution >= 0.6 is 0 Å². The fourth-order valence-corrected chi connectivity index (χ4v) is 2.35. The second kappa shape index (κ2) is 4.94. The molecule has 1 heterocycles. The van der Waals surface area contributed by atoms with Crippen LogP contribution in [0.2, 0.25) is 0 Å². The van der Waals surface area contributed by atoms with E-state index in [0.717, 1.165) is 31.7 Å². The molecule has 94 valence electrons. The predicted octanol–water partition coefficient (Wildman–Crippen LogP) is 1.11. The molecule has 1 aromatic rings. The number of hydrogen-bond donors (Lipinski definition) is 2. The van der Waals surface area contributed by atoms with Crippen LogP contribution < -0.4 is 5.73 Å². The Bertz CT molecular complexity index is 394. The van der Waals surface area contributed by atoms with Gasteiger partial charge in [-0.1, -0.05) is 6.07 Å². The third kappa shape index (κ3) is 2.90. The quantitative estimate of drug-likeness (QED) is 0.595. The molecule has 1 aliphatic rings. The van der Waals surface area contributed by atoms with E-state index in [9.17, 15) is 5.11 Å². The molecule has 2 rings (SSSR count). The van der Waals surface area contributed by atoms with Gasteiger partial charge in [0.05, 0.1) is 5.69 Å². The highest BCUT2D eigenvalue weighted by Gasteiger charge is 2.21. The summed E-state index contributed by atoms with van der Waals surface area (Å²) in [5.74, 6) is 0.167. The minimum atomic E-state index is 0.167. The summed E-state index contributed by atoms with van der Waals surface area (Å²) in [5, 5.41) is 9.39. The summed E-state index contributed by atoms with van der Waals surface area (Å²) in [5.41, 5.74) is 7.33. The van der Waals surface area contributed by atoms with Gasteiger partial charge in [-0.05, 0) is 31.7 Å². The van der Waals surface area contributed by atoms with Crippen LogP contribution in [0.3, 0.4) is 0 Å². The van der Waals surface area contributed by atoms with E-state index in [0.29, 0.717) is 11.7 Å². The number of anilines is 1. The molecule has 1 aliphatic heterocycles. The molecule has 0 spiro atoms. The number of nitrogens with two attached hydrogens (primary N) is 1. The molecule has 4 heteroatoms. The van der Waals surface area contributed by atoms with Gasteiger partial charge in [-0.25, -0.2) is 0 Å². The lowest BCUT2D eigenvalue weighted by Gasteiger charge is -2.38. The summed E-state index contributed by atoms with van der Waals surface area (Å²) in [6.45, 7) is 6.45. The second-order valence-electron chi connectivity index (χ2n) is 4.97. The molecule has 0 saturated carbocycles. The molecular weight excluding hydrogens is 214 g/mol. The molecule has 1 unspecified atom stereocenters. The molecule has 1 saturated heterocycles. The smallest absolute Gasteiger partial charge is 0.138 e. The average molecular weight is 235 g/mol. The summed E-state index contributed by atoms with van der Waals surface area (Å²) in [6.07, 6.45) is 0. The zero-order valence-corrected chi connectivity index (χ0v) is 10.6. The van der Waals surface area contributed by atoms with Crippen molar-refractivity contribution < 1.29 is 5.11 Å². The van der Waals surface area contributed by atoms with Crippen molar-refractivity contribution in [2.24, 2.45) is 0 Å². The maximum Gasteiger partial charge on any atom is 0.138 e. The van der Waals surface area contributed by atoms with Crippen molar-refractivity contribution in [1.82, 2.24) is 9.80 Å². The first-order valence-corrected chi connectivity index (χ1v) is 6.06. The maximum absolute atomic E-state index is 9.39. The van der Waals surface area contributed by atoms with E-state index in [4.69, 9.17) is 5.73 Å². The van der Waals surface area contributed by atoms with Crippen LogP contribution in [0.5, 0.6) is 5.75 Å². The lowest BCUT2D eigenvalue weighted by molar-refractivity contribution is 0.0938. The Labute approximate surface area is 103 Å². The highest BCUT2D eigenvalue weighted by Crippen LogP contribution is 2.22. The third-order valence-electron chi connectivity index (χ3n) is 3.45. The molecule has 0 radical (unpaired) electrons. The lowest BCUT2D eigenvalue weighted by Crippen LogP contribution is -2.49. The van der Waals surface area contributed by atoms with Gasteiger partial charge in [0.25, 0.3) is 0 Å². The Balaban J connectivity index is 2.02. The van der Waals surface area contributed by atoms with E-state index < -0.39 is 0 Å². The molecule has 17 heavy (non-hydrogen) atoms. The standard InChI is InChI=1S/C13H21N3O/c1-10-8-15(2)5-6-16(10)9-11-3-4-13(17)12(14)7-11/h3-4,7,10,17H,5-6,8-9,14H2,1-2H3. The fourth-order valence-electron chi connectivity index (χ4n) is 2.35. The van der Waals surface area contributed by atoms with E-state index in [-0.39, 0.29) is 5.75 Å². The summed E-state index contributed by atoms with van der Waals surface area (Å²) in [6, 6.07) is 6.03. The van der Waals surface area contributed by atoms with Crippen LogP contribution in [0.15, 0.2) is 18.2 Å². The fraction of sp³-hybridized carbons (Fsp3) is 0.538. The highest BCUT2D eigenvalue weighted by molar-refractivity contribution is 5.53. The molecule has 0 amide bonds. The lowest BCUT2D eigenvalue weighted by atomic mass is 10.1. The van der Waals surface area contributed by atoms with Gasteiger partial charge in [-0.3, -0.25) is 4.90 Å². The van der Waals surface area contributed by atoms with Crippen molar-refractivity contribution in [3.63, 3.8) is 0 Å². The first-order valence-electron chi connectivity index (χ1n) is 6.06. The largest absolute Gasteiger partial charge is 0.506 e. The highest BCUT2D eigenvalue weighted by atomic mass is 16.3. The first-order chi connectivity index (χ1) is 8.06. The van der Waals surface area contributed by atoms with E-state index in [1.807, 2.05) is 12.1 Å². The number of aromatic hydroxyl groups is 1. The number of piperazine rings is 1. The van der Waals surface area contributed by atoms with Crippen LogP contribution in [-0.2, 0) is 6.54 Å². The van der Waals surface area contributed by atoms with Crippen molar-refractivity contribution in [2.75, 3.05) is 32.4 Å². The minimum absolute atomic E-state index is 0.167. The number of phenols is 1. The minimum Gasteiger partial charge on any atom is -0.506 e. The number of benzene rings is 1. The topological polar surface area (TPSA) is 52.7 Å². The van der Waals surface area contributed by atoms with Gasteiger partial charge >= 0.3 is 0 Å². The predicted molar refractivity (Wildman–Crippen MR) is 69.9 cm³/mol. The number of hydrogen-bond acceptors (Lipinski definition) is 4. The summed E-state index contributed by atoms with van der Waals surface area (Å²) in [4.78, 5) is 4.80. The molecule has 1 atom stereocenters. The average Bonchev–Trinajstić information content (AvgIpc) is 2.27. The van der Waals surface area contributed by atoms with Crippen LogP contribution in [0.4, 0.5) is 5.69 Å². The number of rotatable bonds is 2. The number of nitrogens with zero attached hydrogens (tertiary/aromatic N) is 2. The van der Waals surface area contributed by atoms with Crippen LogP contribution in [-0.4, -0.2) is 47.6 Å². The zero-order chi connectivity index (χ0) is 12.4. The van der Waals surface area contributed by atoms with E-state index >= 15 is 0 Å². The molecule has 1 aromatic carbocycles. The third-order valence-corrected chi connectivity index (χ3v) is 3.45. The number of nitrogen functional groups attached to an aromatic ring is 1. The van der Waals surface area contributed by atoms with Gasteiger partial charge in [-0.2, -0.15) is 0 Å². The van der Waals surface area contributed by atoms with Gasteiger partial charge in [0, 0.05) is 32.2 Å². The normalized spacial score (nSPS) is 22.8. The Morgan fingerprint density at radius 3 is 2.82 bits per heavy atom. The van der Waals surface area contributed by atoms with Crippen LogP contribution in [0.25, 0.3) is 0 Å². The molecule has 4 nitrogen and oxygen atoms in total. The number of phenolic OH excluding ortho intramolecular Hbond substituents is 1. The van der Waals surface area contributed by atoms with Gasteiger partial charge in [0.2, 0.25) is 0 Å². The molecule has 0 bridgehead atoms. The van der Waals surface area contributed by atoms with Crippen molar-refractivity contribution >= 4 is 5.69 Å². The molecule has 1 fully saturated rings. The Morgan fingerprint density at radius 1 is 1.41 bits per heavy atom. The zero-order valence-electron chi connectivity index (χ0n) is 10.6. The SMILES string of the molecule is CC1CN(C)CCN1Cc1ccc(O)c(N)c1. The maximum atomic E-state index is 9.39. The van der Waals surface area contributed by atoms with Gasteiger partial charge in [-0.15, -0.1) is 0 Å². The second-order valence-corrected chi connectivity index (χ2v) is 4.97. The van der Waals surface area contributed by atoms with Crippen LogP contribution in [0.1, 0.15) is 12.5 Å². The van der Waals surface area contributed by atoms with Gasteiger partial charge < -0.3 is 15.7 Å². The summed E-state index contributed by atoms with van der Waals surface area (Å²) in [7, 11) is 2.16. The Hall–Kier alpha value is -1.26. The first kappa shape index (κ1) is 12.2.